The van der Waals surface area contributed by atoms with Crippen LogP contribution in [0, 0.1) is 12.8 Å². The largest absolute Gasteiger partial charge is 0.465 e. The third kappa shape index (κ3) is 2.34. The highest BCUT2D eigenvalue weighted by molar-refractivity contribution is 7.12. The summed E-state index contributed by atoms with van der Waals surface area (Å²) in [5, 5.41) is 4.70. The van der Waals surface area contributed by atoms with Crippen LogP contribution in [0.25, 0.3) is 0 Å². The van der Waals surface area contributed by atoms with Crippen LogP contribution in [0.2, 0.25) is 0 Å². The predicted octanol–water partition coefficient (Wildman–Crippen LogP) is 2.58. The number of aryl methyl sites for hydroxylation is 1. The zero-order valence-electron chi connectivity index (χ0n) is 9.91. The quantitative estimate of drug-likeness (QED) is 0.842. The summed E-state index contributed by atoms with van der Waals surface area (Å²) in [6, 6.07) is 0. The number of carbonyl (C=O) groups is 2. The van der Waals surface area contributed by atoms with Crippen molar-refractivity contribution in [3.05, 3.63) is 15.8 Å². The van der Waals surface area contributed by atoms with Gasteiger partial charge in [-0.2, -0.15) is 0 Å². The van der Waals surface area contributed by atoms with Crippen molar-refractivity contribution in [2.45, 2.75) is 26.2 Å². The summed E-state index contributed by atoms with van der Waals surface area (Å²) in [5.74, 6) is -0.269. The van der Waals surface area contributed by atoms with Crippen molar-refractivity contribution >= 4 is 28.9 Å². The Balaban J connectivity index is 2.16. The van der Waals surface area contributed by atoms with Crippen LogP contribution in [0.1, 0.15) is 34.5 Å². The van der Waals surface area contributed by atoms with E-state index in [4.69, 9.17) is 4.74 Å². The van der Waals surface area contributed by atoms with Gasteiger partial charge >= 0.3 is 5.97 Å². The molecule has 0 saturated heterocycles. The van der Waals surface area contributed by atoms with Gasteiger partial charge in [0.1, 0.15) is 4.88 Å². The number of methoxy groups -OCH3 is 1. The second kappa shape index (κ2) is 4.87. The van der Waals surface area contributed by atoms with Gasteiger partial charge in [0.15, 0.2) is 0 Å². The van der Waals surface area contributed by atoms with Crippen LogP contribution in [0.4, 0.5) is 5.69 Å². The highest BCUT2D eigenvalue weighted by atomic mass is 32.1. The number of nitrogens with one attached hydrogen (secondary N) is 1. The fraction of sp³-hybridized carbons (Fsp3) is 0.500. The van der Waals surface area contributed by atoms with Crippen LogP contribution in [0.5, 0.6) is 0 Å². The van der Waals surface area contributed by atoms with E-state index in [0.29, 0.717) is 10.6 Å². The molecule has 1 fully saturated rings. The first kappa shape index (κ1) is 12.1. The van der Waals surface area contributed by atoms with E-state index in [1.165, 1.54) is 18.4 Å². The molecule has 0 unspecified atom stereocenters. The first-order chi connectivity index (χ1) is 8.13. The molecule has 5 heteroatoms. The lowest BCUT2D eigenvalue weighted by Crippen LogP contribution is -2.28. The Kier molecular flexibility index (Phi) is 3.47. The molecule has 1 amide bonds. The zero-order valence-corrected chi connectivity index (χ0v) is 10.7. The summed E-state index contributed by atoms with van der Waals surface area (Å²) < 4.78 is 4.69. The van der Waals surface area contributed by atoms with Gasteiger partial charge in [0.05, 0.1) is 12.8 Å². The summed E-state index contributed by atoms with van der Waals surface area (Å²) in [5.41, 5.74) is 1.52. The maximum Gasteiger partial charge on any atom is 0.350 e. The lowest BCUT2D eigenvalue weighted by atomic mass is 9.85. The Morgan fingerprint density at radius 1 is 1.47 bits per heavy atom. The second-order valence-electron chi connectivity index (χ2n) is 4.23. The van der Waals surface area contributed by atoms with Crippen LogP contribution in [0.15, 0.2) is 5.38 Å². The maximum atomic E-state index is 11.8. The van der Waals surface area contributed by atoms with Gasteiger partial charge in [-0.25, -0.2) is 4.79 Å². The fourth-order valence-electron chi connectivity index (χ4n) is 1.74. The predicted molar refractivity (Wildman–Crippen MR) is 66.4 cm³/mol. The Labute approximate surface area is 104 Å². The van der Waals surface area contributed by atoms with Gasteiger partial charge < -0.3 is 10.1 Å². The number of ether oxygens (including phenoxy) is 1. The molecule has 0 bridgehead atoms. The Bertz CT molecular complexity index is 449. The average molecular weight is 253 g/mol. The molecule has 1 aliphatic carbocycles. The first-order valence-corrected chi connectivity index (χ1v) is 6.48. The van der Waals surface area contributed by atoms with Crippen molar-refractivity contribution in [1.29, 1.82) is 0 Å². The molecule has 0 aliphatic heterocycles. The van der Waals surface area contributed by atoms with Gasteiger partial charge in [-0.05, 0) is 30.7 Å². The van der Waals surface area contributed by atoms with Gasteiger partial charge in [-0.15, -0.1) is 11.3 Å². The summed E-state index contributed by atoms with van der Waals surface area (Å²) in [7, 11) is 1.34. The molecular formula is C12H15NO3S. The molecule has 1 N–H and O–H groups in total. The molecule has 0 spiro atoms. The Hall–Kier alpha value is -1.36. The standard InChI is InChI=1S/C12H15NO3S/c1-7-6-17-10(12(15)16-2)9(7)13-11(14)8-4-3-5-8/h6,8H,3-5H2,1-2H3,(H,13,14). The number of hydrogen-bond donors (Lipinski definition) is 1. The lowest BCUT2D eigenvalue weighted by molar-refractivity contribution is -0.122. The van der Waals surface area contributed by atoms with Crippen LogP contribution >= 0.6 is 11.3 Å². The molecular weight excluding hydrogens is 238 g/mol. The number of hydrogen-bond acceptors (Lipinski definition) is 4. The highest BCUT2D eigenvalue weighted by Gasteiger charge is 2.27. The van der Waals surface area contributed by atoms with Crippen molar-refractivity contribution < 1.29 is 14.3 Å². The van der Waals surface area contributed by atoms with E-state index in [2.05, 4.69) is 5.32 Å². The summed E-state index contributed by atoms with van der Waals surface area (Å²) in [6.45, 7) is 1.87. The zero-order chi connectivity index (χ0) is 12.4. The molecule has 1 aromatic rings. The number of esters is 1. The molecule has 1 saturated carbocycles. The molecule has 4 nitrogen and oxygen atoms in total. The van der Waals surface area contributed by atoms with Crippen LogP contribution in [-0.4, -0.2) is 19.0 Å². The van der Waals surface area contributed by atoms with Gasteiger partial charge in [0, 0.05) is 5.92 Å². The molecule has 0 radical (unpaired) electrons. The van der Waals surface area contributed by atoms with E-state index in [-0.39, 0.29) is 11.8 Å². The normalized spacial score (nSPS) is 15.2. The number of thiophene rings is 1. The summed E-state index contributed by atoms with van der Waals surface area (Å²) in [6.07, 6.45) is 3.01. The van der Waals surface area contributed by atoms with Crippen LogP contribution in [0.3, 0.4) is 0 Å². The summed E-state index contributed by atoms with van der Waals surface area (Å²) in [4.78, 5) is 23.8. The topological polar surface area (TPSA) is 55.4 Å². The number of rotatable bonds is 3. The molecule has 2 rings (SSSR count). The third-order valence-corrected chi connectivity index (χ3v) is 4.15. The minimum atomic E-state index is -0.396. The molecule has 1 heterocycles. The van der Waals surface area contributed by atoms with Gasteiger partial charge in [-0.1, -0.05) is 6.42 Å². The second-order valence-corrected chi connectivity index (χ2v) is 5.11. The minimum absolute atomic E-state index is 0.0166. The van der Waals surface area contributed by atoms with E-state index in [9.17, 15) is 9.59 Å². The van der Waals surface area contributed by atoms with Crippen LogP contribution < -0.4 is 5.32 Å². The Morgan fingerprint density at radius 2 is 2.18 bits per heavy atom. The minimum Gasteiger partial charge on any atom is -0.465 e. The van der Waals surface area contributed by atoms with Gasteiger partial charge in [0.25, 0.3) is 0 Å². The summed E-state index contributed by atoms with van der Waals surface area (Å²) >= 11 is 1.30. The van der Waals surface area contributed by atoms with Crippen molar-refractivity contribution in [1.82, 2.24) is 0 Å². The van der Waals surface area contributed by atoms with E-state index < -0.39 is 5.97 Å². The van der Waals surface area contributed by atoms with E-state index in [1.807, 2.05) is 12.3 Å². The Morgan fingerprint density at radius 3 is 2.71 bits per heavy atom. The number of amides is 1. The van der Waals surface area contributed by atoms with Gasteiger partial charge in [0.2, 0.25) is 5.91 Å². The molecule has 1 aliphatic rings. The SMILES string of the molecule is COC(=O)c1scc(C)c1NC(=O)C1CCC1. The highest BCUT2D eigenvalue weighted by Crippen LogP contribution is 2.32. The number of anilines is 1. The maximum absolute atomic E-state index is 11.8. The van der Waals surface area contributed by atoms with Crippen molar-refractivity contribution in [3.8, 4) is 0 Å². The third-order valence-electron chi connectivity index (χ3n) is 3.07. The van der Waals surface area contributed by atoms with Crippen molar-refractivity contribution in [2.24, 2.45) is 5.92 Å². The molecule has 0 atom stereocenters. The number of carbonyl (C=O) groups excluding carboxylic acids is 2. The monoisotopic (exact) mass is 253 g/mol. The smallest absolute Gasteiger partial charge is 0.350 e. The van der Waals surface area contributed by atoms with E-state index >= 15 is 0 Å². The fourth-order valence-corrected chi connectivity index (χ4v) is 2.66. The van der Waals surface area contributed by atoms with Crippen molar-refractivity contribution in [2.75, 3.05) is 12.4 Å². The average Bonchev–Trinajstić information content (AvgIpc) is 2.57. The molecule has 1 aromatic heterocycles. The van der Waals surface area contributed by atoms with Crippen LogP contribution in [-0.2, 0) is 9.53 Å². The van der Waals surface area contributed by atoms with Crippen molar-refractivity contribution in [3.63, 3.8) is 0 Å². The lowest BCUT2D eigenvalue weighted by Gasteiger charge is -2.24. The first-order valence-electron chi connectivity index (χ1n) is 5.60. The van der Waals surface area contributed by atoms with E-state index in [0.717, 1.165) is 24.8 Å². The molecule has 92 valence electrons. The van der Waals surface area contributed by atoms with E-state index in [1.54, 1.807) is 0 Å². The van der Waals surface area contributed by atoms with Gasteiger partial charge in [-0.3, -0.25) is 4.79 Å². The molecule has 17 heavy (non-hydrogen) atoms. The molecule has 0 aromatic carbocycles.